The SMILES string of the molecule is COC(=O)c1cccc(NC(=O)CNc2cccc3ccccc23)c1. The van der Waals surface area contributed by atoms with Gasteiger partial charge in [0.1, 0.15) is 0 Å². The van der Waals surface area contributed by atoms with E-state index in [2.05, 4.69) is 15.4 Å². The van der Waals surface area contributed by atoms with E-state index in [0.29, 0.717) is 11.3 Å². The number of carbonyl (C=O) groups is 2. The molecule has 0 atom stereocenters. The molecule has 0 saturated heterocycles. The molecule has 0 aromatic heterocycles. The van der Waals surface area contributed by atoms with Crippen LogP contribution in [0.2, 0.25) is 0 Å². The van der Waals surface area contributed by atoms with Crippen molar-refractivity contribution in [2.24, 2.45) is 0 Å². The van der Waals surface area contributed by atoms with Gasteiger partial charge in [-0.3, -0.25) is 4.79 Å². The van der Waals surface area contributed by atoms with E-state index in [1.165, 1.54) is 7.11 Å². The molecule has 0 spiro atoms. The fourth-order valence-corrected chi connectivity index (χ4v) is 2.60. The maximum atomic E-state index is 12.2. The van der Waals surface area contributed by atoms with Crippen molar-refractivity contribution >= 4 is 34.0 Å². The number of ether oxygens (including phenoxy) is 1. The highest BCUT2D eigenvalue weighted by molar-refractivity contribution is 5.98. The average Bonchev–Trinajstić information content (AvgIpc) is 2.66. The van der Waals surface area contributed by atoms with Crippen LogP contribution >= 0.6 is 0 Å². The average molecular weight is 334 g/mol. The van der Waals surface area contributed by atoms with Gasteiger partial charge < -0.3 is 15.4 Å². The highest BCUT2D eigenvalue weighted by atomic mass is 16.5. The Kier molecular flexibility index (Phi) is 4.95. The standard InChI is InChI=1S/C20H18N2O3/c1-25-20(24)15-8-4-9-16(12-15)22-19(23)13-21-18-11-5-7-14-6-2-3-10-17(14)18/h2-12,21H,13H2,1H3,(H,22,23). The third-order valence-corrected chi connectivity index (χ3v) is 3.80. The number of anilines is 2. The third-order valence-electron chi connectivity index (χ3n) is 3.80. The summed E-state index contributed by atoms with van der Waals surface area (Å²) in [5.74, 6) is -0.639. The predicted octanol–water partition coefficient (Wildman–Crippen LogP) is 3.68. The molecule has 0 radical (unpaired) electrons. The second-order valence-electron chi connectivity index (χ2n) is 5.50. The number of benzene rings is 3. The number of hydrogen-bond donors (Lipinski definition) is 2. The minimum atomic E-state index is -0.440. The number of carbonyl (C=O) groups excluding carboxylic acids is 2. The van der Waals surface area contributed by atoms with Crippen molar-refractivity contribution in [2.75, 3.05) is 24.3 Å². The Labute approximate surface area is 145 Å². The van der Waals surface area contributed by atoms with Crippen molar-refractivity contribution in [1.29, 1.82) is 0 Å². The van der Waals surface area contributed by atoms with E-state index in [1.54, 1.807) is 24.3 Å². The van der Waals surface area contributed by atoms with Gasteiger partial charge in [0.15, 0.2) is 0 Å². The lowest BCUT2D eigenvalue weighted by Crippen LogP contribution is -2.22. The first-order valence-corrected chi connectivity index (χ1v) is 7.87. The summed E-state index contributed by atoms with van der Waals surface area (Å²) < 4.78 is 4.68. The van der Waals surface area contributed by atoms with Gasteiger partial charge in [-0.2, -0.15) is 0 Å². The highest BCUT2D eigenvalue weighted by Crippen LogP contribution is 2.22. The molecule has 5 heteroatoms. The Morgan fingerprint density at radius 2 is 1.72 bits per heavy atom. The van der Waals surface area contributed by atoms with Gasteiger partial charge in [-0.05, 0) is 29.7 Å². The first-order chi connectivity index (χ1) is 12.2. The molecular weight excluding hydrogens is 316 g/mol. The molecule has 2 N–H and O–H groups in total. The molecule has 0 bridgehead atoms. The molecule has 0 aliphatic carbocycles. The van der Waals surface area contributed by atoms with Crippen LogP contribution < -0.4 is 10.6 Å². The first-order valence-electron chi connectivity index (χ1n) is 7.87. The van der Waals surface area contributed by atoms with Gasteiger partial charge in [0.05, 0.1) is 19.2 Å². The Hall–Kier alpha value is -3.34. The van der Waals surface area contributed by atoms with Crippen LogP contribution in [-0.2, 0) is 9.53 Å². The van der Waals surface area contributed by atoms with Crippen LogP contribution in [0.5, 0.6) is 0 Å². The molecule has 3 aromatic rings. The normalized spacial score (nSPS) is 10.3. The smallest absolute Gasteiger partial charge is 0.337 e. The molecule has 3 rings (SSSR count). The molecule has 126 valence electrons. The van der Waals surface area contributed by atoms with Crippen molar-refractivity contribution in [3.8, 4) is 0 Å². The summed E-state index contributed by atoms with van der Waals surface area (Å²) in [5, 5.41) is 8.09. The van der Waals surface area contributed by atoms with E-state index in [9.17, 15) is 9.59 Å². The van der Waals surface area contributed by atoms with Gasteiger partial charge in [0.25, 0.3) is 0 Å². The maximum absolute atomic E-state index is 12.2. The monoisotopic (exact) mass is 334 g/mol. The molecule has 0 fully saturated rings. The highest BCUT2D eigenvalue weighted by Gasteiger charge is 2.08. The quantitative estimate of drug-likeness (QED) is 0.699. The van der Waals surface area contributed by atoms with E-state index in [1.807, 2.05) is 42.5 Å². The molecule has 3 aromatic carbocycles. The van der Waals surface area contributed by atoms with Crippen LogP contribution in [0.3, 0.4) is 0 Å². The molecule has 0 heterocycles. The zero-order valence-corrected chi connectivity index (χ0v) is 13.8. The van der Waals surface area contributed by atoms with Crippen molar-refractivity contribution < 1.29 is 14.3 Å². The lowest BCUT2D eigenvalue weighted by molar-refractivity contribution is -0.114. The molecule has 0 saturated carbocycles. The maximum Gasteiger partial charge on any atom is 0.337 e. The fraction of sp³-hybridized carbons (Fsp3) is 0.100. The fourth-order valence-electron chi connectivity index (χ4n) is 2.60. The molecule has 0 aliphatic rings. The molecule has 0 aliphatic heterocycles. The Morgan fingerprint density at radius 1 is 0.960 bits per heavy atom. The topological polar surface area (TPSA) is 67.4 Å². The van der Waals surface area contributed by atoms with Crippen molar-refractivity contribution in [1.82, 2.24) is 0 Å². The van der Waals surface area contributed by atoms with E-state index in [-0.39, 0.29) is 12.5 Å². The van der Waals surface area contributed by atoms with Gasteiger partial charge in [0.2, 0.25) is 5.91 Å². The minimum Gasteiger partial charge on any atom is -0.465 e. The summed E-state index contributed by atoms with van der Waals surface area (Å²) >= 11 is 0. The second kappa shape index (κ2) is 7.49. The van der Waals surface area contributed by atoms with Gasteiger partial charge in [0, 0.05) is 16.8 Å². The first kappa shape index (κ1) is 16.5. The van der Waals surface area contributed by atoms with Crippen LogP contribution in [0.25, 0.3) is 10.8 Å². The summed E-state index contributed by atoms with van der Waals surface area (Å²) in [6.07, 6.45) is 0. The van der Waals surface area contributed by atoms with Gasteiger partial charge in [-0.25, -0.2) is 4.79 Å². The molecule has 1 amide bonds. The van der Waals surface area contributed by atoms with E-state index in [4.69, 9.17) is 0 Å². The van der Waals surface area contributed by atoms with E-state index in [0.717, 1.165) is 16.5 Å². The Morgan fingerprint density at radius 3 is 2.56 bits per heavy atom. The summed E-state index contributed by atoms with van der Waals surface area (Å²) in [5.41, 5.74) is 1.84. The predicted molar refractivity (Wildman–Crippen MR) is 98.8 cm³/mol. The lowest BCUT2D eigenvalue weighted by Gasteiger charge is -2.11. The van der Waals surface area contributed by atoms with E-state index >= 15 is 0 Å². The molecular formula is C20H18N2O3. The summed E-state index contributed by atoms with van der Waals surface area (Å²) in [6, 6.07) is 20.5. The summed E-state index contributed by atoms with van der Waals surface area (Å²) in [7, 11) is 1.32. The third kappa shape index (κ3) is 3.95. The Balaban J connectivity index is 1.66. The number of nitrogens with one attached hydrogen (secondary N) is 2. The van der Waals surface area contributed by atoms with E-state index < -0.39 is 5.97 Å². The number of fused-ring (bicyclic) bond motifs is 1. The second-order valence-corrected chi connectivity index (χ2v) is 5.50. The zero-order valence-electron chi connectivity index (χ0n) is 13.8. The summed E-state index contributed by atoms with van der Waals surface area (Å²) in [4.78, 5) is 23.7. The van der Waals surface area contributed by atoms with Gasteiger partial charge in [-0.1, -0.05) is 42.5 Å². The molecule has 0 unspecified atom stereocenters. The van der Waals surface area contributed by atoms with Crippen LogP contribution in [-0.4, -0.2) is 25.5 Å². The number of hydrogen-bond acceptors (Lipinski definition) is 4. The van der Waals surface area contributed by atoms with Crippen LogP contribution in [0.15, 0.2) is 66.7 Å². The minimum absolute atomic E-state index is 0.121. The largest absolute Gasteiger partial charge is 0.465 e. The summed E-state index contributed by atoms with van der Waals surface area (Å²) in [6.45, 7) is 0.121. The zero-order chi connectivity index (χ0) is 17.6. The number of amides is 1. The van der Waals surface area contributed by atoms with Crippen molar-refractivity contribution in [2.45, 2.75) is 0 Å². The van der Waals surface area contributed by atoms with Crippen LogP contribution in [0.4, 0.5) is 11.4 Å². The number of esters is 1. The number of methoxy groups -OCH3 is 1. The number of rotatable bonds is 5. The Bertz CT molecular complexity index is 916. The van der Waals surface area contributed by atoms with Crippen LogP contribution in [0, 0.1) is 0 Å². The van der Waals surface area contributed by atoms with Gasteiger partial charge in [-0.15, -0.1) is 0 Å². The molecule has 5 nitrogen and oxygen atoms in total. The van der Waals surface area contributed by atoms with Gasteiger partial charge >= 0.3 is 5.97 Å². The van der Waals surface area contributed by atoms with Crippen molar-refractivity contribution in [3.05, 3.63) is 72.3 Å². The molecule has 25 heavy (non-hydrogen) atoms. The van der Waals surface area contributed by atoms with Crippen molar-refractivity contribution in [3.63, 3.8) is 0 Å². The lowest BCUT2D eigenvalue weighted by atomic mass is 10.1. The van der Waals surface area contributed by atoms with Crippen LogP contribution in [0.1, 0.15) is 10.4 Å².